The number of benzene rings is 1. The lowest BCUT2D eigenvalue weighted by molar-refractivity contribution is 0.309. The van der Waals surface area contributed by atoms with Crippen molar-refractivity contribution in [2.45, 2.75) is 19.5 Å². The van der Waals surface area contributed by atoms with Crippen molar-refractivity contribution in [2.24, 2.45) is 4.99 Å². The summed E-state index contributed by atoms with van der Waals surface area (Å²) in [5, 5.41) is 5.52. The summed E-state index contributed by atoms with van der Waals surface area (Å²) < 4.78 is 5.23. The van der Waals surface area contributed by atoms with E-state index in [2.05, 4.69) is 72.8 Å². The van der Waals surface area contributed by atoms with E-state index >= 15 is 0 Å². The van der Waals surface area contributed by atoms with Crippen molar-refractivity contribution in [1.82, 2.24) is 15.1 Å². The second-order valence-electron chi connectivity index (χ2n) is 6.39. The SMILES string of the molecule is CCNC(=NCC(c1cccs1)N(C)C)N(C)Cc1ccc(OC)cc1.I. The topological polar surface area (TPSA) is 40.1 Å². The molecule has 2 aromatic rings. The number of thiophene rings is 1. The zero-order chi connectivity index (χ0) is 18.9. The van der Waals surface area contributed by atoms with Gasteiger partial charge < -0.3 is 19.9 Å². The van der Waals surface area contributed by atoms with Crippen LogP contribution in [0, 0.1) is 0 Å². The highest BCUT2D eigenvalue weighted by Gasteiger charge is 2.16. The Bertz CT molecular complexity index is 674. The molecule has 1 unspecified atom stereocenters. The number of aliphatic imine (C=N–C) groups is 1. The fraction of sp³-hybridized carbons (Fsp3) is 0.450. The van der Waals surface area contributed by atoms with E-state index in [4.69, 9.17) is 9.73 Å². The second kappa shape index (κ2) is 12.2. The lowest BCUT2D eigenvalue weighted by atomic mass is 10.2. The van der Waals surface area contributed by atoms with Crippen molar-refractivity contribution in [3.63, 3.8) is 0 Å². The largest absolute Gasteiger partial charge is 0.497 e. The predicted octanol–water partition coefficient (Wildman–Crippen LogP) is 4.07. The zero-order valence-electron chi connectivity index (χ0n) is 16.8. The van der Waals surface area contributed by atoms with Crippen LogP contribution in [0.3, 0.4) is 0 Å². The number of ether oxygens (including phenoxy) is 1. The monoisotopic (exact) mass is 502 g/mol. The van der Waals surface area contributed by atoms with Crippen molar-refractivity contribution < 1.29 is 4.74 Å². The normalized spacial score (nSPS) is 12.4. The van der Waals surface area contributed by atoms with Crippen LogP contribution in [0.25, 0.3) is 0 Å². The maximum Gasteiger partial charge on any atom is 0.194 e. The number of rotatable bonds is 8. The fourth-order valence-electron chi connectivity index (χ4n) is 2.71. The fourth-order valence-corrected chi connectivity index (χ4v) is 3.62. The summed E-state index contributed by atoms with van der Waals surface area (Å²) in [5.41, 5.74) is 1.22. The van der Waals surface area contributed by atoms with Crippen LogP contribution in [0.4, 0.5) is 0 Å². The maximum atomic E-state index is 5.23. The first-order valence-corrected chi connectivity index (χ1v) is 9.75. The van der Waals surface area contributed by atoms with E-state index in [1.807, 2.05) is 12.1 Å². The van der Waals surface area contributed by atoms with Crippen LogP contribution in [-0.2, 0) is 6.54 Å². The minimum atomic E-state index is 0. The smallest absolute Gasteiger partial charge is 0.194 e. The van der Waals surface area contributed by atoms with Gasteiger partial charge in [-0.25, -0.2) is 0 Å². The number of guanidine groups is 1. The number of likely N-dealkylation sites (N-methyl/N-ethyl adjacent to an activating group) is 1. The first-order chi connectivity index (χ1) is 12.5. The average molecular weight is 502 g/mol. The Kier molecular flexibility index (Phi) is 10.7. The molecule has 0 bridgehead atoms. The molecule has 7 heteroatoms. The Morgan fingerprint density at radius 2 is 1.89 bits per heavy atom. The van der Waals surface area contributed by atoms with Gasteiger partial charge in [0, 0.05) is 25.0 Å². The molecular weight excluding hydrogens is 471 g/mol. The first kappa shape index (κ1) is 23.7. The van der Waals surface area contributed by atoms with Gasteiger partial charge in [0.05, 0.1) is 19.7 Å². The molecule has 2 rings (SSSR count). The van der Waals surface area contributed by atoms with Crippen LogP contribution in [0.5, 0.6) is 5.75 Å². The van der Waals surface area contributed by atoms with E-state index in [0.717, 1.165) is 31.3 Å². The van der Waals surface area contributed by atoms with E-state index in [-0.39, 0.29) is 30.0 Å². The molecule has 0 amide bonds. The zero-order valence-corrected chi connectivity index (χ0v) is 20.0. The van der Waals surface area contributed by atoms with Crippen LogP contribution < -0.4 is 10.1 Å². The Balaban J connectivity index is 0.00000364. The van der Waals surface area contributed by atoms with Crippen LogP contribution in [0.15, 0.2) is 46.8 Å². The molecule has 1 aromatic heterocycles. The summed E-state index contributed by atoms with van der Waals surface area (Å²) in [6, 6.07) is 12.7. The summed E-state index contributed by atoms with van der Waals surface area (Å²) in [6.07, 6.45) is 0. The molecule has 1 heterocycles. The van der Waals surface area contributed by atoms with Gasteiger partial charge in [-0.3, -0.25) is 4.99 Å². The van der Waals surface area contributed by atoms with E-state index in [1.54, 1.807) is 18.4 Å². The number of methoxy groups -OCH3 is 1. The van der Waals surface area contributed by atoms with Gasteiger partial charge in [-0.15, -0.1) is 35.3 Å². The molecule has 1 N–H and O–H groups in total. The standard InChI is InChI=1S/C20H30N4OS.HI/c1-6-21-20(22-14-18(23(2)3)19-8-7-13-26-19)24(4)15-16-9-11-17(25-5)12-10-16;/h7-13,18H,6,14-15H2,1-5H3,(H,21,22);1H. The molecule has 150 valence electrons. The van der Waals surface area contributed by atoms with Crippen molar-refractivity contribution in [2.75, 3.05) is 41.3 Å². The van der Waals surface area contributed by atoms with Crippen LogP contribution in [0.2, 0.25) is 0 Å². The molecule has 0 aliphatic rings. The highest BCUT2D eigenvalue weighted by atomic mass is 127. The highest BCUT2D eigenvalue weighted by molar-refractivity contribution is 14.0. The van der Waals surface area contributed by atoms with Crippen LogP contribution in [0.1, 0.15) is 23.4 Å². The molecule has 0 fully saturated rings. The van der Waals surface area contributed by atoms with Gasteiger partial charge in [0.2, 0.25) is 0 Å². The van der Waals surface area contributed by atoms with E-state index < -0.39 is 0 Å². The summed E-state index contributed by atoms with van der Waals surface area (Å²) in [6.45, 7) is 4.46. The van der Waals surface area contributed by atoms with Gasteiger partial charge in [-0.05, 0) is 50.2 Å². The summed E-state index contributed by atoms with van der Waals surface area (Å²) in [4.78, 5) is 10.6. The van der Waals surface area contributed by atoms with Crippen molar-refractivity contribution in [3.8, 4) is 5.75 Å². The summed E-state index contributed by atoms with van der Waals surface area (Å²) >= 11 is 1.78. The van der Waals surface area contributed by atoms with Crippen molar-refractivity contribution in [3.05, 3.63) is 52.2 Å². The third-order valence-electron chi connectivity index (χ3n) is 4.18. The summed E-state index contributed by atoms with van der Waals surface area (Å²) in [7, 11) is 7.97. The van der Waals surface area contributed by atoms with Gasteiger partial charge in [-0.1, -0.05) is 18.2 Å². The predicted molar refractivity (Wildman–Crippen MR) is 127 cm³/mol. The molecule has 1 aromatic carbocycles. The quantitative estimate of drug-likeness (QED) is 0.336. The van der Waals surface area contributed by atoms with Gasteiger partial charge in [0.25, 0.3) is 0 Å². The number of hydrogen-bond acceptors (Lipinski definition) is 4. The molecule has 0 saturated heterocycles. The van der Waals surface area contributed by atoms with Gasteiger partial charge in [0.15, 0.2) is 5.96 Å². The average Bonchev–Trinajstić information content (AvgIpc) is 3.15. The second-order valence-corrected chi connectivity index (χ2v) is 7.37. The lowest BCUT2D eigenvalue weighted by Gasteiger charge is -2.25. The first-order valence-electron chi connectivity index (χ1n) is 8.87. The third kappa shape index (κ3) is 7.31. The Morgan fingerprint density at radius 1 is 1.19 bits per heavy atom. The molecule has 0 aliphatic carbocycles. The molecule has 0 saturated carbocycles. The number of halogens is 1. The summed E-state index contributed by atoms with van der Waals surface area (Å²) in [5.74, 6) is 1.80. The van der Waals surface area contributed by atoms with Crippen molar-refractivity contribution in [1.29, 1.82) is 0 Å². The van der Waals surface area contributed by atoms with E-state index in [1.165, 1.54) is 10.4 Å². The number of hydrogen-bond donors (Lipinski definition) is 1. The van der Waals surface area contributed by atoms with E-state index in [0.29, 0.717) is 0 Å². The maximum absolute atomic E-state index is 5.23. The van der Waals surface area contributed by atoms with Crippen LogP contribution >= 0.6 is 35.3 Å². The molecule has 1 atom stereocenters. The number of nitrogens with zero attached hydrogens (tertiary/aromatic N) is 3. The number of nitrogens with one attached hydrogen (secondary N) is 1. The van der Waals surface area contributed by atoms with Crippen LogP contribution in [-0.4, -0.2) is 57.1 Å². The minimum Gasteiger partial charge on any atom is -0.497 e. The molecule has 0 aliphatic heterocycles. The molecule has 27 heavy (non-hydrogen) atoms. The third-order valence-corrected chi connectivity index (χ3v) is 5.16. The highest BCUT2D eigenvalue weighted by Crippen LogP contribution is 2.23. The molecular formula is C20H31IN4OS. The van der Waals surface area contributed by atoms with Gasteiger partial charge >= 0.3 is 0 Å². The van der Waals surface area contributed by atoms with Crippen molar-refractivity contribution >= 4 is 41.3 Å². The molecule has 0 spiro atoms. The molecule has 0 radical (unpaired) electrons. The lowest BCUT2D eigenvalue weighted by Crippen LogP contribution is -2.39. The molecule has 5 nitrogen and oxygen atoms in total. The Hall–Kier alpha value is -1.32. The Morgan fingerprint density at radius 3 is 2.41 bits per heavy atom. The van der Waals surface area contributed by atoms with Gasteiger partial charge in [0.1, 0.15) is 5.75 Å². The minimum absolute atomic E-state index is 0. The Labute approximate surface area is 184 Å². The van der Waals surface area contributed by atoms with E-state index in [9.17, 15) is 0 Å². The van der Waals surface area contributed by atoms with Gasteiger partial charge in [-0.2, -0.15) is 0 Å².